The molecule has 0 N–H and O–H groups in total. The SMILES string of the molecule is CCS(=O)(=O)c1ccccc1C(=O)OC(C)C. The van der Waals surface area contributed by atoms with Gasteiger partial charge in [0.2, 0.25) is 0 Å². The van der Waals surface area contributed by atoms with Crippen molar-refractivity contribution in [2.75, 3.05) is 5.75 Å². The Balaban J connectivity index is 3.22. The van der Waals surface area contributed by atoms with Gasteiger partial charge in [0.15, 0.2) is 9.84 Å². The summed E-state index contributed by atoms with van der Waals surface area (Å²) in [7, 11) is -3.41. The van der Waals surface area contributed by atoms with Crippen LogP contribution in [0, 0.1) is 0 Å². The molecule has 1 rings (SSSR count). The largest absolute Gasteiger partial charge is 0.459 e. The zero-order chi connectivity index (χ0) is 13.1. The van der Waals surface area contributed by atoms with Crippen LogP contribution >= 0.6 is 0 Å². The second kappa shape index (κ2) is 5.31. The molecule has 0 saturated heterocycles. The van der Waals surface area contributed by atoms with Gasteiger partial charge in [-0.2, -0.15) is 0 Å². The summed E-state index contributed by atoms with van der Waals surface area (Å²) >= 11 is 0. The summed E-state index contributed by atoms with van der Waals surface area (Å²) in [5.41, 5.74) is 0.100. The first-order chi connectivity index (χ1) is 7.88. The standard InChI is InChI=1S/C12H16O4S/c1-4-17(14,15)11-8-6-5-7-10(11)12(13)16-9(2)3/h5-9H,4H2,1-3H3. The average molecular weight is 256 g/mol. The van der Waals surface area contributed by atoms with Gasteiger partial charge in [0, 0.05) is 0 Å². The van der Waals surface area contributed by atoms with Crippen LogP contribution in [0.4, 0.5) is 0 Å². The van der Waals surface area contributed by atoms with Crippen LogP contribution in [-0.4, -0.2) is 26.2 Å². The number of benzene rings is 1. The Kier molecular flexibility index (Phi) is 4.28. The maximum Gasteiger partial charge on any atom is 0.339 e. The van der Waals surface area contributed by atoms with Crippen LogP contribution < -0.4 is 0 Å². The zero-order valence-electron chi connectivity index (χ0n) is 10.1. The molecule has 17 heavy (non-hydrogen) atoms. The van der Waals surface area contributed by atoms with Crippen molar-refractivity contribution in [2.24, 2.45) is 0 Å². The lowest BCUT2D eigenvalue weighted by molar-refractivity contribution is 0.0373. The molecule has 0 aromatic heterocycles. The highest BCUT2D eigenvalue weighted by Crippen LogP contribution is 2.18. The minimum atomic E-state index is -3.41. The van der Waals surface area contributed by atoms with Gasteiger partial charge in [-0.3, -0.25) is 0 Å². The third kappa shape index (κ3) is 3.30. The molecule has 0 aliphatic rings. The molecule has 1 aromatic rings. The lowest BCUT2D eigenvalue weighted by atomic mass is 10.2. The van der Waals surface area contributed by atoms with Crippen molar-refractivity contribution in [3.05, 3.63) is 29.8 Å². The van der Waals surface area contributed by atoms with Gasteiger partial charge in [-0.15, -0.1) is 0 Å². The van der Waals surface area contributed by atoms with Gasteiger partial charge in [-0.25, -0.2) is 13.2 Å². The molecule has 0 aliphatic heterocycles. The number of carbonyl (C=O) groups is 1. The van der Waals surface area contributed by atoms with E-state index < -0.39 is 15.8 Å². The molecule has 0 heterocycles. The van der Waals surface area contributed by atoms with Crippen molar-refractivity contribution in [2.45, 2.75) is 31.8 Å². The Bertz CT molecular complexity index is 503. The van der Waals surface area contributed by atoms with Crippen molar-refractivity contribution in [3.63, 3.8) is 0 Å². The maximum absolute atomic E-state index is 11.8. The highest BCUT2D eigenvalue weighted by Gasteiger charge is 2.21. The minimum Gasteiger partial charge on any atom is -0.459 e. The first-order valence-corrected chi connectivity index (χ1v) is 7.06. The van der Waals surface area contributed by atoms with Gasteiger partial charge in [-0.1, -0.05) is 19.1 Å². The smallest absolute Gasteiger partial charge is 0.339 e. The van der Waals surface area contributed by atoms with Gasteiger partial charge >= 0.3 is 5.97 Å². The second-order valence-corrected chi connectivity index (χ2v) is 6.10. The lowest BCUT2D eigenvalue weighted by Crippen LogP contribution is -2.16. The Morgan fingerprint density at radius 1 is 1.29 bits per heavy atom. The number of sulfone groups is 1. The van der Waals surface area contributed by atoms with Crippen LogP contribution in [0.15, 0.2) is 29.2 Å². The van der Waals surface area contributed by atoms with E-state index in [1.165, 1.54) is 12.1 Å². The molecule has 0 atom stereocenters. The van der Waals surface area contributed by atoms with Crippen molar-refractivity contribution in [3.8, 4) is 0 Å². The van der Waals surface area contributed by atoms with E-state index in [-0.39, 0.29) is 22.3 Å². The molecule has 0 spiro atoms. The van der Waals surface area contributed by atoms with Crippen molar-refractivity contribution in [1.82, 2.24) is 0 Å². The van der Waals surface area contributed by atoms with E-state index in [0.717, 1.165) is 0 Å². The Hall–Kier alpha value is -1.36. The molecule has 0 bridgehead atoms. The van der Waals surface area contributed by atoms with Gasteiger partial charge < -0.3 is 4.74 Å². The molecule has 0 fully saturated rings. The summed E-state index contributed by atoms with van der Waals surface area (Å²) in [6, 6.07) is 6.10. The summed E-state index contributed by atoms with van der Waals surface area (Å²) in [6.07, 6.45) is -0.278. The molecule has 0 radical (unpaired) electrons. The normalized spacial score (nSPS) is 11.5. The highest BCUT2D eigenvalue weighted by molar-refractivity contribution is 7.91. The third-order valence-corrected chi connectivity index (χ3v) is 3.95. The topological polar surface area (TPSA) is 60.4 Å². The van der Waals surface area contributed by atoms with Crippen LogP contribution in [0.25, 0.3) is 0 Å². The van der Waals surface area contributed by atoms with Gasteiger partial charge in [0.25, 0.3) is 0 Å². The van der Waals surface area contributed by atoms with Gasteiger partial charge in [-0.05, 0) is 26.0 Å². The fourth-order valence-corrected chi connectivity index (χ4v) is 2.42. The number of esters is 1. The summed E-state index contributed by atoms with van der Waals surface area (Å²) in [6.45, 7) is 4.98. The summed E-state index contributed by atoms with van der Waals surface area (Å²) in [5.74, 6) is -0.647. The number of carbonyl (C=O) groups excluding carboxylic acids is 1. The molecular formula is C12H16O4S. The fourth-order valence-electron chi connectivity index (χ4n) is 1.34. The fraction of sp³-hybridized carbons (Fsp3) is 0.417. The molecule has 0 unspecified atom stereocenters. The molecule has 5 heteroatoms. The predicted octanol–water partition coefficient (Wildman–Crippen LogP) is 2.05. The quantitative estimate of drug-likeness (QED) is 0.773. The van der Waals surface area contributed by atoms with Crippen LogP contribution in [0.2, 0.25) is 0 Å². The number of hydrogen-bond donors (Lipinski definition) is 0. The molecule has 0 saturated carbocycles. The van der Waals surface area contributed by atoms with Crippen LogP contribution in [0.5, 0.6) is 0 Å². The number of ether oxygens (including phenoxy) is 1. The van der Waals surface area contributed by atoms with E-state index in [1.807, 2.05) is 0 Å². The first kappa shape index (κ1) is 13.7. The van der Waals surface area contributed by atoms with E-state index in [0.29, 0.717) is 0 Å². The monoisotopic (exact) mass is 256 g/mol. The van der Waals surface area contributed by atoms with E-state index in [1.54, 1.807) is 32.9 Å². The van der Waals surface area contributed by atoms with Crippen molar-refractivity contribution >= 4 is 15.8 Å². The van der Waals surface area contributed by atoms with Crippen LogP contribution in [0.3, 0.4) is 0 Å². The predicted molar refractivity (Wildman–Crippen MR) is 64.7 cm³/mol. The van der Waals surface area contributed by atoms with E-state index in [4.69, 9.17) is 4.74 Å². The first-order valence-electron chi connectivity index (χ1n) is 5.41. The summed E-state index contributed by atoms with van der Waals surface area (Å²) in [5, 5.41) is 0. The summed E-state index contributed by atoms with van der Waals surface area (Å²) in [4.78, 5) is 11.8. The van der Waals surface area contributed by atoms with Crippen LogP contribution in [-0.2, 0) is 14.6 Å². The molecule has 1 aromatic carbocycles. The van der Waals surface area contributed by atoms with Gasteiger partial charge in [0.1, 0.15) is 0 Å². The van der Waals surface area contributed by atoms with E-state index in [9.17, 15) is 13.2 Å². The zero-order valence-corrected chi connectivity index (χ0v) is 11.0. The molecule has 94 valence electrons. The van der Waals surface area contributed by atoms with E-state index in [2.05, 4.69) is 0 Å². The Labute approximate surface area is 102 Å². The minimum absolute atomic E-state index is 0.0353. The molecule has 0 aliphatic carbocycles. The second-order valence-electron chi connectivity index (χ2n) is 3.85. The maximum atomic E-state index is 11.8. The van der Waals surface area contributed by atoms with Gasteiger partial charge in [0.05, 0.1) is 22.3 Å². The third-order valence-electron chi connectivity index (χ3n) is 2.16. The highest BCUT2D eigenvalue weighted by atomic mass is 32.2. The Morgan fingerprint density at radius 3 is 2.41 bits per heavy atom. The van der Waals surface area contributed by atoms with Crippen molar-refractivity contribution in [1.29, 1.82) is 0 Å². The Morgan fingerprint density at radius 2 is 1.88 bits per heavy atom. The number of rotatable bonds is 4. The number of hydrogen-bond acceptors (Lipinski definition) is 4. The molecule has 4 nitrogen and oxygen atoms in total. The van der Waals surface area contributed by atoms with E-state index >= 15 is 0 Å². The average Bonchev–Trinajstić information content (AvgIpc) is 2.28. The lowest BCUT2D eigenvalue weighted by Gasteiger charge is -2.11. The van der Waals surface area contributed by atoms with Crippen molar-refractivity contribution < 1.29 is 17.9 Å². The molecular weight excluding hydrogens is 240 g/mol. The van der Waals surface area contributed by atoms with Crippen LogP contribution in [0.1, 0.15) is 31.1 Å². The molecule has 0 amide bonds. The summed E-state index contributed by atoms with van der Waals surface area (Å²) < 4.78 is 28.6.